The first-order chi connectivity index (χ1) is 9.57. The Hall–Kier alpha value is -0.710. The minimum absolute atomic E-state index is 0.177. The first kappa shape index (κ1) is 18.3. The highest BCUT2D eigenvalue weighted by Crippen LogP contribution is 2.25. The Morgan fingerprint density at radius 2 is 1.81 bits per heavy atom. The maximum Gasteiger partial charge on any atom is 0.410 e. The van der Waals surface area contributed by atoms with Crippen LogP contribution < -0.4 is 0 Å². The number of hydrogen-bond donors (Lipinski definition) is 0. The summed E-state index contributed by atoms with van der Waals surface area (Å²) in [4.78, 5) is 13.8. The van der Waals surface area contributed by atoms with E-state index in [4.69, 9.17) is 4.74 Å². The standard InChI is InChI=1S/C16H30N2O2S/c1-15(2,3)20-14(19)18-11-8-13(9-12-18)7-10-17-21-16(4,5)6/h10,13H,7-9,11-12H2,1-6H3. The summed E-state index contributed by atoms with van der Waals surface area (Å²) in [5.41, 5.74) is -0.412. The second-order valence-electron chi connectivity index (χ2n) is 7.64. The maximum absolute atomic E-state index is 12.0. The van der Waals surface area contributed by atoms with Crippen molar-refractivity contribution in [2.24, 2.45) is 10.3 Å². The van der Waals surface area contributed by atoms with Crippen LogP contribution in [0.2, 0.25) is 0 Å². The van der Waals surface area contributed by atoms with Gasteiger partial charge in [0, 0.05) is 24.1 Å². The van der Waals surface area contributed by atoms with Crippen molar-refractivity contribution in [2.75, 3.05) is 13.1 Å². The Kier molecular flexibility index (Phi) is 6.57. The quantitative estimate of drug-likeness (QED) is 0.567. The zero-order valence-corrected chi connectivity index (χ0v) is 15.1. The molecule has 0 unspecified atom stereocenters. The fourth-order valence-corrected chi connectivity index (χ4v) is 2.54. The van der Waals surface area contributed by atoms with Gasteiger partial charge >= 0.3 is 6.09 Å². The van der Waals surface area contributed by atoms with Gasteiger partial charge in [0.2, 0.25) is 0 Å². The van der Waals surface area contributed by atoms with Gasteiger partial charge in [-0.05, 0) is 78.7 Å². The van der Waals surface area contributed by atoms with E-state index in [1.165, 1.54) is 0 Å². The zero-order chi connectivity index (χ0) is 16.1. The van der Waals surface area contributed by atoms with Crippen LogP contribution in [0.4, 0.5) is 4.79 Å². The smallest absolute Gasteiger partial charge is 0.410 e. The molecule has 1 aliphatic rings. The summed E-state index contributed by atoms with van der Waals surface area (Å²) < 4.78 is 10.0. The lowest BCUT2D eigenvalue weighted by Gasteiger charge is -2.33. The summed E-state index contributed by atoms with van der Waals surface area (Å²) in [6, 6.07) is 0. The third kappa shape index (κ3) is 8.34. The second kappa shape index (κ2) is 7.52. The van der Waals surface area contributed by atoms with Crippen LogP contribution in [0.3, 0.4) is 0 Å². The Morgan fingerprint density at radius 1 is 1.24 bits per heavy atom. The molecule has 1 saturated heterocycles. The number of piperidine rings is 1. The molecule has 0 aromatic rings. The number of likely N-dealkylation sites (tertiary alicyclic amines) is 1. The fraction of sp³-hybridized carbons (Fsp3) is 0.875. The summed E-state index contributed by atoms with van der Waals surface area (Å²) in [5.74, 6) is 0.632. The molecule has 122 valence electrons. The van der Waals surface area contributed by atoms with Crippen molar-refractivity contribution in [3.8, 4) is 0 Å². The molecule has 0 radical (unpaired) electrons. The molecule has 1 rings (SSSR count). The van der Waals surface area contributed by atoms with Crippen LogP contribution in [0.25, 0.3) is 0 Å². The van der Waals surface area contributed by atoms with Crippen LogP contribution in [0.1, 0.15) is 60.8 Å². The third-order valence-corrected chi connectivity index (χ3v) is 3.91. The molecule has 0 aromatic heterocycles. The van der Waals surface area contributed by atoms with E-state index in [9.17, 15) is 4.79 Å². The summed E-state index contributed by atoms with van der Waals surface area (Å²) in [7, 11) is 0. The first-order valence-electron chi connectivity index (χ1n) is 7.75. The van der Waals surface area contributed by atoms with Gasteiger partial charge in [-0.25, -0.2) is 9.19 Å². The molecule has 4 nitrogen and oxygen atoms in total. The van der Waals surface area contributed by atoms with E-state index in [2.05, 4.69) is 25.2 Å². The van der Waals surface area contributed by atoms with E-state index < -0.39 is 5.60 Å². The number of carbonyl (C=O) groups is 1. The first-order valence-corrected chi connectivity index (χ1v) is 8.52. The number of amides is 1. The molecular weight excluding hydrogens is 284 g/mol. The highest BCUT2D eigenvalue weighted by molar-refractivity contribution is 7.99. The van der Waals surface area contributed by atoms with E-state index in [1.54, 1.807) is 11.9 Å². The summed E-state index contributed by atoms with van der Waals surface area (Å²) in [6.07, 6.45) is 4.92. The molecule has 0 bridgehead atoms. The van der Waals surface area contributed by atoms with Crippen LogP contribution in [0.15, 0.2) is 4.40 Å². The molecule has 1 amide bonds. The van der Waals surface area contributed by atoms with Crippen LogP contribution in [-0.2, 0) is 4.74 Å². The summed E-state index contributed by atoms with van der Waals surface area (Å²) in [5, 5.41) is 0. The summed E-state index contributed by atoms with van der Waals surface area (Å²) >= 11 is 1.62. The van der Waals surface area contributed by atoms with Gasteiger partial charge in [0.15, 0.2) is 0 Å². The molecule has 5 heteroatoms. The molecule has 0 saturated carbocycles. The number of rotatable bonds is 3. The van der Waals surface area contributed by atoms with Crippen LogP contribution in [0, 0.1) is 5.92 Å². The Morgan fingerprint density at radius 3 is 2.29 bits per heavy atom. The molecule has 0 aromatic carbocycles. The van der Waals surface area contributed by atoms with Crippen molar-refractivity contribution in [1.82, 2.24) is 4.90 Å². The van der Waals surface area contributed by atoms with Crippen LogP contribution in [-0.4, -0.2) is 40.6 Å². The van der Waals surface area contributed by atoms with Gasteiger partial charge in [-0.3, -0.25) is 0 Å². The number of carbonyl (C=O) groups excluding carboxylic acids is 1. The van der Waals surface area contributed by atoms with Gasteiger partial charge in [-0.15, -0.1) is 0 Å². The lowest BCUT2D eigenvalue weighted by molar-refractivity contribution is 0.0187. The summed E-state index contributed by atoms with van der Waals surface area (Å²) in [6.45, 7) is 13.8. The normalized spacial score (nSPS) is 18.3. The highest BCUT2D eigenvalue weighted by atomic mass is 32.2. The second-order valence-corrected chi connectivity index (χ2v) is 9.26. The molecule has 0 atom stereocenters. The van der Waals surface area contributed by atoms with Crippen LogP contribution >= 0.6 is 11.9 Å². The molecular formula is C16H30N2O2S. The molecule has 21 heavy (non-hydrogen) atoms. The van der Waals surface area contributed by atoms with Gasteiger partial charge in [0.1, 0.15) is 5.60 Å². The van der Waals surface area contributed by atoms with Crippen LogP contribution in [0.5, 0.6) is 0 Å². The van der Waals surface area contributed by atoms with E-state index in [0.717, 1.165) is 32.4 Å². The van der Waals surface area contributed by atoms with Crippen molar-refractivity contribution in [1.29, 1.82) is 0 Å². The average Bonchev–Trinajstić information content (AvgIpc) is 2.32. The molecule has 0 aliphatic carbocycles. The van der Waals surface area contributed by atoms with Gasteiger partial charge in [-0.2, -0.15) is 0 Å². The Labute approximate surface area is 133 Å². The largest absolute Gasteiger partial charge is 0.444 e. The number of hydrogen-bond acceptors (Lipinski definition) is 4. The highest BCUT2D eigenvalue weighted by Gasteiger charge is 2.26. The van der Waals surface area contributed by atoms with Crippen molar-refractivity contribution in [3.05, 3.63) is 0 Å². The van der Waals surface area contributed by atoms with E-state index in [1.807, 2.05) is 31.9 Å². The lowest BCUT2D eigenvalue weighted by Crippen LogP contribution is -2.41. The third-order valence-electron chi connectivity index (χ3n) is 3.11. The van der Waals surface area contributed by atoms with E-state index in [0.29, 0.717) is 5.92 Å². The van der Waals surface area contributed by atoms with Gasteiger partial charge in [0.25, 0.3) is 0 Å². The monoisotopic (exact) mass is 314 g/mol. The van der Waals surface area contributed by atoms with Gasteiger partial charge in [0.05, 0.1) is 0 Å². The minimum Gasteiger partial charge on any atom is -0.444 e. The Balaban J connectivity index is 2.28. The zero-order valence-electron chi connectivity index (χ0n) is 14.3. The predicted molar refractivity (Wildman–Crippen MR) is 91.0 cm³/mol. The van der Waals surface area contributed by atoms with Crippen molar-refractivity contribution < 1.29 is 9.53 Å². The topological polar surface area (TPSA) is 41.9 Å². The molecule has 0 spiro atoms. The maximum atomic E-state index is 12.0. The predicted octanol–water partition coefficient (Wildman–Crippen LogP) is 4.54. The van der Waals surface area contributed by atoms with Crippen molar-refractivity contribution in [3.63, 3.8) is 0 Å². The average molecular weight is 314 g/mol. The Bertz CT molecular complexity index is 361. The van der Waals surface area contributed by atoms with Gasteiger partial charge < -0.3 is 9.64 Å². The fourth-order valence-electron chi connectivity index (χ4n) is 2.07. The molecule has 0 N–H and O–H groups in total. The minimum atomic E-state index is -0.412. The molecule has 1 fully saturated rings. The molecule has 1 heterocycles. The SMILES string of the molecule is CC(C)(C)OC(=O)N1CCC(CC=NSC(C)(C)C)CC1. The van der Waals surface area contributed by atoms with Gasteiger partial charge in [-0.1, -0.05) is 0 Å². The van der Waals surface area contributed by atoms with E-state index >= 15 is 0 Å². The number of ether oxygens (including phenoxy) is 1. The lowest BCUT2D eigenvalue weighted by atomic mass is 9.94. The molecule has 1 aliphatic heterocycles. The van der Waals surface area contributed by atoms with Crippen molar-refractivity contribution >= 4 is 24.3 Å². The van der Waals surface area contributed by atoms with Crippen molar-refractivity contribution in [2.45, 2.75) is 71.2 Å². The number of nitrogens with zero attached hydrogens (tertiary/aromatic N) is 2. The van der Waals surface area contributed by atoms with E-state index in [-0.39, 0.29) is 10.8 Å².